The Balaban J connectivity index is 2.15. The molecule has 0 atom stereocenters. The molecule has 1 heterocycles. The van der Waals surface area contributed by atoms with Crippen molar-refractivity contribution in [3.05, 3.63) is 11.6 Å². The Kier molecular flexibility index (Phi) is 4.73. The van der Waals surface area contributed by atoms with Gasteiger partial charge in [-0.1, -0.05) is 11.6 Å². The lowest BCUT2D eigenvalue weighted by atomic mass is 10.1. The van der Waals surface area contributed by atoms with Crippen LogP contribution in [0.25, 0.3) is 0 Å². The monoisotopic (exact) mass is 186 g/mol. The van der Waals surface area contributed by atoms with E-state index in [1.165, 1.54) is 13.0 Å². The van der Waals surface area contributed by atoms with Gasteiger partial charge in [0.05, 0.1) is 0 Å². The molecule has 1 aliphatic rings. The molecule has 0 saturated carbocycles. The number of hydrogen-bond acceptors (Lipinski definition) is 3. The van der Waals surface area contributed by atoms with E-state index in [-0.39, 0.29) is 0 Å². The molecule has 0 amide bonds. The maximum atomic E-state index is 3.40. The lowest BCUT2D eigenvalue weighted by molar-refractivity contribution is 0.357. The van der Waals surface area contributed by atoms with Gasteiger partial charge in [-0.15, -0.1) is 11.8 Å². The molecule has 0 aliphatic carbocycles. The third-order valence-electron chi connectivity index (χ3n) is 2.10. The van der Waals surface area contributed by atoms with Crippen molar-refractivity contribution in [3.63, 3.8) is 0 Å². The fraction of sp³-hybridized carbons (Fsp3) is 0.778. The first-order valence-electron chi connectivity index (χ1n) is 4.39. The molecule has 0 bridgehead atoms. The van der Waals surface area contributed by atoms with E-state index in [4.69, 9.17) is 0 Å². The van der Waals surface area contributed by atoms with E-state index in [9.17, 15) is 0 Å². The van der Waals surface area contributed by atoms with Gasteiger partial charge in [-0.25, -0.2) is 0 Å². The number of thioether (sulfide) groups is 1. The normalized spacial score (nSPS) is 19.3. The van der Waals surface area contributed by atoms with Gasteiger partial charge < -0.3 is 10.2 Å². The molecule has 2 nitrogen and oxygen atoms in total. The number of nitrogens with one attached hydrogen (secondary N) is 1. The molecule has 70 valence electrons. The molecule has 12 heavy (non-hydrogen) atoms. The van der Waals surface area contributed by atoms with E-state index in [1.54, 1.807) is 5.57 Å². The number of hydrogen-bond donors (Lipinski definition) is 1. The Morgan fingerprint density at radius 3 is 3.08 bits per heavy atom. The molecule has 1 aliphatic heterocycles. The second-order valence-corrected chi connectivity index (χ2v) is 4.10. The van der Waals surface area contributed by atoms with Crippen LogP contribution in [0.3, 0.4) is 0 Å². The van der Waals surface area contributed by atoms with Crippen molar-refractivity contribution in [2.45, 2.75) is 6.42 Å². The van der Waals surface area contributed by atoms with Crippen molar-refractivity contribution in [1.82, 2.24) is 10.2 Å². The zero-order chi connectivity index (χ0) is 8.81. The molecule has 1 rings (SSSR count). The van der Waals surface area contributed by atoms with E-state index >= 15 is 0 Å². The Hall–Kier alpha value is 0.01000. The summed E-state index contributed by atoms with van der Waals surface area (Å²) in [6.07, 6.45) is 5.70. The van der Waals surface area contributed by atoms with E-state index in [0.717, 1.165) is 19.0 Å². The average molecular weight is 186 g/mol. The second-order valence-electron chi connectivity index (χ2n) is 3.23. The van der Waals surface area contributed by atoms with Gasteiger partial charge in [0.1, 0.15) is 0 Å². The second kappa shape index (κ2) is 5.62. The first-order chi connectivity index (χ1) is 5.83. The molecule has 0 radical (unpaired) electrons. The minimum absolute atomic E-state index is 1.06. The van der Waals surface area contributed by atoms with Gasteiger partial charge in [0.15, 0.2) is 0 Å². The lowest BCUT2D eigenvalue weighted by Gasteiger charge is -2.21. The van der Waals surface area contributed by atoms with Crippen molar-refractivity contribution < 1.29 is 0 Å². The molecule has 0 aromatic heterocycles. The van der Waals surface area contributed by atoms with E-state index in [1.807, 2.05) is 11.8 Å². The quantitative estimate of drug-likeness (QED) is 0.403. The Labute approximate surface area is 79.4 Å². The summed E-state index contributed by atoms with van der Waals surface area (Å²) in [5.74, 6) is 1.06. The van der Waals surface area contributed by atoms with Crippen LogP contribution in [-0.4, -0.2) is 43.7 Å². The fourth-order valence-corrected chi connectivity index (χ4v) is 1.59. The van der Waals surface area contributed by atoms with E-state index in [0.29, 0.717) is 0 Å². The van der Waals surface area contributed by atoms with Crippen LogP contribution >= 0.6 is 11.8 Å². The van der Waals surface area contributed by atoms with Crippen molar-refractivity contribution in [3.8, 4) is 0 Å². The smallest absolute Gasteiger partial charge is 0.0417 e. The van der Waals surface area contributed by atoms with Gasteiger partial charge in [0, 0.05) is 25.5 Å². The number of likely N-dealkylation sites (N-methyl/N-ethyl adjacent to an activating group) is 1. The summed E-state index contributed by atoms with van der Waals surface area (Å²) >= 11 is 1.84. The van der Waals surface area contributed by atoms with Gasteiger partial charge in [0.25, 0.3) is 0 Å². The summed E-state index contributed by atoms with van der Waals surface area (Å²) in [5.41, 5.74) is 1.57. The van der Waals surface area contributed by atoms with Crippen LogP contribution in [-0.2, 0) is 0 Å². The van der Waals surface area contributed by atoms with Crippen molar-refractivity contribution in [2.75, 3.05) is 38.8 Å². The Morgan fingerprint density at radius 2 is 2.50 bits per heavy atom. The zero-order valence-corrected chi connectivity index (χ0v) is 8.78. The molecule has 0 saturated heterocycles. The summed E-state index contributed by atoms with van der Waals surface area (Å²) in [6, 6.07) is 0. The molecule has 0 unspecified atom stereocenters. The van der Waals surface area contributed by atoms with Gasteiger partial charge in [-0.2, -0.15) is 0 Å². The minimum Gasteiger partial charge on any atom is -0.304 e. The van der Waals surface area contributed by atoms with Crippen LogP contribution < -0.4 is 5.32 Å². The van der Waals surface area contributed by atoms with Crippen LogP contribution in [0, 0.1) is 0 Å². The summed E-state index contributed by atoms with van der Waals surface area (Å²) in [5, 5.41) is 3.40. The largest absolute Gasteiger partial charge is 0.304 e. The van der Waals surface area contributed by atoms with Gasteiger partial charge >= 0.3 is 0 Å². The highest BCUT2D eigenvalue weighted by Crippen LogP contribution is 2.07. The highest BCUT2D eigenvalue weighted by atomic mass is 32.2. The van der Waals surface area contributed by atoms with E-state index in [2.05, 4.69) is 29.6 Å². The molecule has 0 aromatic carbocycles. The Morgan fingerprint density at radius 1 is 1.67 bits per heavy atom. The Bertz CT molecular complexity index is 157. The fourth-order valence-electron chi connectivity index (χ4n) is 1.29. The summed E-state index contributed by atoms with van der Waals surface area (Å²) in [7, 11) is 2.17. The molecular weight excluding hydrogens is 168 g/mol. The molecule has 1 N–H and O–H groups in total. The summed E-state index contributed by atoms with van der Waals surface area (Å²) in [6.45, 7) is 3.41. The maximum Gasteiger partial charge on any atom is 0.0417 e. The van der Waals surface area contributed by atoms with E-state index < -0.39 is 0 Å². The molecule has 0 spiro atoms. The summed E-state index contributed by atoms with van der Waals surface area (Å²) < 4.78 is 0. The highest BCUT2D eigenvalue weighted by molar-refractivity contribution is 7.98. The van der Waals surface area contributed by atoms with Crippen LogP contribution in [0.2, 0.25) is 0 Å². The minimum atomic E-state index is 1.06. The zero-order valence-electron chi connectivity index (χ0n) is 7.97. The predicted molar refractivity (Wildman–Crippen MR) is 56.6 cm³/mol. The maximum absolute atomic E-state index is 3.40. The lowest BCUT2D eigenvalue weighted by Crippen LogP contribution is -2.27. The standard InChI is InChI=1S/C9H18N2S/c1-11-5-3-9(4-6-11)7-10-8-12-2/h3,10H,4-8H2,1-2H3. The first kappa shape index (κ1) is 10.1. The van der Waals surface area contributed by atoms with Gasteiger partial charge in [0.2, 0.25) is 0 Å². The van der Waals surface area contributed by atoms with Crippen LogP contribution in [0.5, 0.6) is 0 Å². The number of rotatable bonds is 4. The van der Waals surface area contributed by atoms with Crippen molar-refractivity contribution in [1.29, 1.82) is 0 Å². The summed E-state index contributed by atoms with van der Waals surface area (Å²) in [4.78, 5) is 2.35. The number of nitrogens with zero attached hydrogens (tertiary/aromatic N) is 1. The SMILES string of the molecule is CSCNCC1=CCN(C)CC1. The predicted octanol–water partition coefficient (Wildman–Crippen LogP) is 1.16. The molecular formula is C9H18N2S. The molecule has 0 aromatic rings. The first-order valence-corrected chi connectivity index (χ1v) is 5.78. The van der Waals surface area contributed by atoms with Crippen LogP contribution in [0.1, 0.15) is 6.42 Å². The molecule has 0 fully saturated rings. The van der Waals surface area contributed by atoms with Crippen LogP contribution in [0.15, 0.2) is 11.6 Å². The van der Waals surface area contributed by atoms with Gasteiger partial charge in [-0.05, 0) is 19.7 Å². The topological polar surface area (TPSA) is 15.3 Å². The molecule has 3 heteroatoms. The average Bonchev–Trinajstić information content (AvgIpc) is 2.09. The van der Waals surface area contributed by atoms with Crippen LogP contribution in [0.4, 0.5) is 0 Å². The highest BCUT2D eigenvalue weighted by Gasteiger charge is 2.06. The van der Waals surface area contributed by atoms with Gasteiger partial charge in [-0.3, -0.25) is 0 Å². The van der Waals surface area contributed by atoms with Crippen molar-refractivity contribution >= 4 is 11.8 Å². The third kappa shape index (κ3) is 3.61. The van der Waals surface area contributed by atoms with Crippen molar-refractivity contribution in [2.24, 2.45) is 0 Å². The third-order valence-corrected chi connectivity index (χ3v) is 2.60.